The second-order valence-corrected chi connectivity index (χ2v) is 10.7. The van der Waals surface area contributed by atoms with Crippen LogP contribution in [0.5, 0.6) is 0 Å². The minimum absolute atomic E-state index is 0.00369. The maximum absolute atomic E-state index is 11.0. The van der Waals surface area contributed by atoms with Gasteiger partial charge in [-0.05, 0) is 66.8 Å². The van der Waals surface area contributed by atoms with Gasteiger partial charge in [0.1, 0.15) is 16.7 Å². The molecule has 1 spiro atoms. The van der Waals surface area contributed by atoms with Crippen molar-refractivity contribution in [3.05, 3.63) is 64.1 Å². The van der Waals surface area contributed by atoms with Gasteiger partial charge >= 0.3 is 0 Å². The predicted molar refractivity (Wildman–Crippen MR) is 142 cm³/mol. The number of pyridine rings is 1. The quantitative estimate of drug-likeness (QED) is 0.448. The molecule has 1 aliphatic carbocycles. The maximum Gasteiger partial charge on any atom is 0.293 e. The molecule has 5 rings (SSSR count). The number of benzene rings is 1. The van der Waals surface area contributed by atoms with Crippen molar-refractivity contribution < 1.29 is 4.79 Å². The summed E-state index contributed by atoms with van der Waals surface area (Å²) in [7, 11) is 0. The number of piperidine rings is 1. The summed E-state index contributed by atoms with van der Waals surface area (Å²) >= 11 is 7.69. The lowest BCUT2D eigenvalue weighted by atomic mass is 9.73. The average molecular weight is 520 g/mol. The summed E-state index contributed by atoms with van der Waals surface area (Å²) in [5.41, 5.74) is 21.8. The number of carbonyl (C=O) groups excluding carboxylic acids is 1. The third kappa shape index (κ3) is 4.60. The molecule has 10 heteroatoms. The van der Waals surface area contributed by atoms with E-state index in [1.807, 2.05) is 25.1 Å². The van der Waals surface area contributed by atoms with E-state index in [9.17, 15) is 4.79 Å². The van der Waals surface area contributed by atoms with Crippen LogP contribution in [0.1, 0.15) is 41.3 Å². The normalized spacial score (nSPS) is 18.0. The SMILES string of the molecule is Cc1nc(Sc2ccnc(N)c2Cl)cnc1N1CCC2(CC1)Cc1ccc(C#CC(N)=O)cc1[C@H]2N. The Labute approximate surface area is 219 Å². The number of hydrogen-bond acceptors (Lipinski definition) is 8. The summed E-state index contributed by atoms with van der Waals surface area (Å²) in [5.74, 6) is 5.78. The fourth-order valence-electron chi connectivity index (χ4n) is 5.17. The minimum atomic E-state index is -0.639. The highest BCUT2D eigenvalue weighted by atomic mass is 35.5. The van der Waals surface area contributed by atoms with Crippen LogP contribution >= 0.6 is 23.4 Å². The Morgan fingerprint density at radius 3 is 2.75 bits per heavy atom. The first-order valence-electron chi connectivity index (χ1n) is 11.6. The third-order valence-electron chi connectivity index (χ3n) is 7.07. The van der Waals surface area contributed by atoms with Gasteiger partial charge in [0.2, 0.25) is 0 Å². The van der Waals surface area contributed by atoms with Gasteiger partial charge in [0, 0.05) is 35.8 Å². The van der Waals surface area contributed by atoms with E-state index in [0.29, 0.717) is 10.8 Å². The fraction of sp³-hybridized carbons (Fsp3) is 0.308. The van der Waals surface area contributed by atoms with Gasteiger partial charge in [0.15, 0.2) is 0 Å². The largest absolute Gasteiger partial charge is 0.382 e. The Bertz CT molecular complexity index is 1410. The Morgan fingerprint density at radius 2 is 2.03 bits per heavy atom. The number of primary amides is 1. The number of nitrogens with two attached hydrogens (primary N) is 3. The molecule has 1 saturated heterocycles. The van der Waals surface area contributed by atoms with Crippen molar-refractivity contribution in [1.29, 1.82) is 0 Å². The highest BCUT2D eigenvalue weighted by molar-refractivity contribution is 7.99. The van der Waals surface area contributed by atoms with E-state index in [1.54, 1.807) is 12.4 Å². The van der Waals surface area contributed by atoms with Crippen molar-refractivity contribution in [3.63, 3.8) is 0 Å². The number of nitrogen functional groups attached to an aromatic ring is 1. The summed E-state index contributed by atoms with van der Waals surface area (Å²) in [6.45, 7) is 3.68. The molecule has 1 atom stereocenters. The topological polar surface area (TPSA) is 137 Å². The Kier molecular flexibility index (Phi) is 6.51. The summed E-state index contributed by atoms with van der Waals surface area (Å²) < 4.78 is 0. The smallest absolute Gasteiger partial charge is 0.293 e. The van der Waals surface area contributed by atoms with Gasteiger partial charge in [0.05, 0.1) is 16.9 Å². The second kappa shape index (κ2) is 9.62. The maximum atomic E-state index is 11.0. The molecule has 3 heterocycles. The molecule has 36 heavy (non-hydrogen) atoms. The van der Waals surface area contributed by atoms with Crippen molar-refractivity contribution in [1.82, 2.24) is 15.0 Å². The standard InChI is InChI=1S/C26H26ClN7OS/c1-15-25(32-14-21(33-15)36-19-6-9-31-24(30)22(19)27)34-10-7-26(8-11-34)13-17-4-2-16(3-5-20(28)35)12-18(17)23(26)29/h2,4,6,9,12,14,23H,7-8,10-11,13,29H2,1H3,(H2,28,35)(H2,30,31)/t23-/m1/s1. The summed E-state index contributed by atoms with van der Waals surface area (Å²) in [4.78, 5) is 27.6. The van der Waals surface area contributed by atoms with E-state index in [4.69, 9.17) is 38.8 Å². The van der Waals surface area contributed by atoms with Gasteiger partial charge in [-0.2, -0.15) is 0 Å². The molecular weight excluding hydrogens is 494 g/mol. The molecule has 2 aromatic heterocycles. The molecule has 0 radical (unpaired) electrons. The number of hydrogen-bond donors (Lipinski definition) is 3. The zero-order valence-corrected chi connectivity index (χ0v) is 21.4. The first kappa shape index (κ1) is 24.4. The molecule has 0 saturated carbocycles. The number of halogens is 1. The monoisotopic (exact) mass is 519 g/mol. The molecule has 1 aromatic carbocycles. The fourth-order valence-corrected chi connectivity index (χ4v) is 6.24. The van der Waals surface area contributed by atoms with Crippen LogP contribution in [-0.4, -0.2) is 33.9 Å². The molecule has 8 nitrogen and oxygen atoms in total. The molecule has 184 valence electrons. The number of aryl methyl sites for hydroxylation is 1. The van der Waals surface area contributed by atoms with Crippen LogP contribution in [0.3, 0.4) is 0 Å². The molecule has 1 fully saturated rings. The van der Waals surface area contributed by atoms with E-state index in [0.717, 1.165) is 64.9 Å². The van der Waals surface area contributed by atoms with Gasteiger partial charge < -0.3 is 22.1 Å². The summed E-state index contributed by atoms with van der Waals surface area (Å²) in [6.07, 6.45) is 6.25. The lowest BCUT2D eigenvalue weighted by Crippen LogP contribution is -2.44. The van der Waals surface area contributed by atoms with Gasteiger partial charge in [-0.3, -0.25) is 4.79 Å². The molecule has 1 amide bonds. The van der Waals surface area contributed by atoms with Crippen LogP contribution in [0.15, 0.2) is 46.6 Å². The van der Waals surface area contributed by atoms with Crippen LogP contribution in [0, 0.1) is 24.2 Å². The van der Waals surface area contributed by atoms with Crippen LogP contribution in [0.4, 0.5) is 11.6 Å². The number of aromatic nitrogens is 3. The lowest BCUT2D eigenvalue weighted by Gasteiger charge is -2.42. The zero-order chi connectivity index (χ0) is 25.4. The minimum Gasteiger partial charge on any atom is -0.382 e. The Balaban J connectivity index is 1.28. The van der Waals surface area contributed by atoms with Gasteiger partial charge in [-0.25, -0.2) is 15.0 Å². The van der Waals surface area contributed by atoms with Crippen LogP contribution < -0.4 is 22.1 Å². The van der Waals surface area contributed by atoms with E-state index in [1.165, 1.54) is 17.3 Å². The number of amides is 1. The van der Waals surface area contributed by atoms with Crippen molar-refractivity contribution in [3.8, 4) is 11.8 Å². The van der Waals surface area contributed by atoms with Crippen molar-refractivity contribution in [2.24, 2.45) is 16.9 Å². The predicted octanol–water partition coefficient (Wildman–Crippen LogP) is 3.25. The summed E-state index contributed by atoms with van der Waals surface area (Å²) in [6, 6.07) is 7.76. The number of rotatable bonds is 3. The van der Waals surface area contributed by atoms with E-state index in [2.05, 4.69) is 27.8 Å². The highest BCUT2D eigenvalue weighted by Gasteiger charge is 2.46. The van der Waals surface area contributed by atoms with Crippen molar-refractivity contribution in [2.45, 2.75) is 42.1 Å². The molecule has 6 N–H and O–H groups in total. The zero-order valence-electron chi connectivity index (χ0n) is 19.8. The molecular formula is C26H26ClN7OS. The lowest BCUT2D eigenvalue weighted by molar-refractivity contribution is -0.112. The Morgan fingerprint density at radius 1 is 1.25 bits per heavy atom. The Hall–Kier alpha value is -3.32. The van der Waals surface area contributed by atoms with Crippen molar-refractivity contribution >= 4 is 40.9 Å². The number of nitrogens with zero attached hydrogens (tertiary/aromatic N) is 4. The van der Waals surface area contributed by atoms with Gasteiger partial charge in [-0.1, -0.05) is 35.3 Å². The number of carbonyl (C=O) groups is 1. The van der Waals surface area contributed by atoms with E-state index < -0.39 is 5.91 Å². The molecule has 1 aliphatic heterocycles. The van der Waals surface area contributed by atoms with E-state index in [-0.39, 0.29) is 11.5 Å². The number of fused-ring (bicyclic) bond motifs is 1. The van der Waals surface area contributed by atoms with Crippen LogP contribution in [0.2, 0.25) is 5.02 Å². The van der Waals surface area contributed by atoms with E-state index >= 15 is 0 Å². The first-order valence-corrected chi connectivity index (χ1v) is 12.8. The summed E-state index contributed by atoms with van der Waals surface area (Å²) in [5, 5.41) is 1.18. The van der Waals surface area contributed by atoms with Gasteiger partial charge in [0.25, 0.3) is 5.91 Å². The van der Waals surface area contributed by atoms with Crippen LogP contribution in [-0.2, 0) is 11.2 Å². The van der Waals surface area contributed by atoms with Crippen LogP contribution in [0.25, 0.3) is 0 Å². The second-order valence-electron chi connectivity index (χ2n) is 9.26. The molecule has 3 aromatic rings. The number of anilines is 2. The molecule has 0 unspecified atom stereocenters. The average Bonchev–Trinajstić information content (AvgIpc) is 3.12. The van der Waals surface area contributed by atoms with Crippen molar-refractivity contribution in [2.75, 3.05) is 23.7 Å². The first-order chi connectivity index (χ1) is 17.3. The third-order valence-corrected chi connectivity index (χ3v) is 8.54. The molecule has 0 bridgehead atoms. The highest BCUT2D eigenvalue weighted by Crippen LogP contribution is 2.51. The molecule has 2 aliphatic rings. The van der Waals surface area contributed by atoms with Gasteiger partial charge in [-0.15, -0.1) is 0 Å².